The van der Waals surface area contributed by atoms with E-state index < -0.39 is 16.1 Å². The van der Waals surface area contributed by atoms with E-state index in [1.165, 1.54) is 4.31 Å². The van der Waals surface area contributed by atoms with E-state index in [1.54, 1.807) is 24.3 Å². The molecule has 0 aliphatic carbocycles. The third-order valence-corrected chi connectivity index (χ3v) is 5.44. The number of nitrogens with zero attached hydrogens (tertiary/aromatic N) is 1. The second kappa shape index (κ2) is 8.10. The first kappa shape index (κ1) is 20.0. The number of carbonyl (C=O) groups is 1. The van der Waals surface area contributed by atoms with Gasteiger partial charge >= 0.3 is 0 Å². The van der Waals surface area contributed by atoms with Crippen LogP contribution in [0.5, 0.6) is 11.5 Å². The molecule has 7 nitrogen and oxygen atoms in total. The Morgan fingerprint density at radius 3 is 2.57 bits per heavy atom. The second-order valence-electron chi connectivity index (χ2n) is 6.83. The average Bonchev–Trinajstić information content (AvgIpc) is 2.62. The lowest BCUT2D eigenvalue weighted by atomic mass is 10.1. The molecule has 0 saturated heterocycles. The van der Waals surface area contributed by atoms with Gasteiger partial charge in [-0.25, -0.2) is 8.42 Å². The molecule has 1 aliphatic heterocycles. The number of hydrogen-bond donors (Lipinski definition) is 1. The van der Waals surface area contributed by atoms with E-state index in [4.69, 9.17) is 9.47 Å². The Kier molecular flexibility index (Phi) is 5.79. The van der Waals surface area contributed by atoms with Gasteiger partial charge < -0.3 is 14.8 Å². The van der Waals surface area contributed by atoms with Gasteiger partial charge in [0.15, 0.2) is 6.10 Å². The minimum absolute atomic E-state index is 0.0698. The first-order valence-electron chi connectivity index (χ1n) is 8.96. The molecule has 1 aliphatic rings. The quantitative estimate of drug-likeness (QED) is 0.745. The Morgan fingerprint density at radius 1 is 1.21 bits per heavy atom. The zero-order valence-electron chi connectivity index (χ0n) is 16.1. The Morgan fingerprint density at radius 2 is 1.89 bits per heavy atom. The molecule has 150 valence electrons. The predicted octanol–water partition coefficient (Wildman–Crippen LogP) is 2.03. The summed E-state index contributed by atoms with van der Waals surface area (Å²) in [5.74, 6) is 0.732. The third kappa shape index (κ3) is 4.75. The first-order valence-corrected chi connectivity index (χ1v) is 10.8. The minimum Gasteiger partial charge on any atom is -0.492 e. The van der Waals surface area contributed by atoms with E-state index >= 15 is 0 Å². The zero-order chi connectivity index (χ0) is 20.3. The van der Waals surface area contributed by atoms with Crippen molar-refractivity contribution in [3.05, 3.63) is 53.6 Å². The molecule has 8 heteroatoms. The molecule has 2 aromatic carbocycles. The molecule has 28 heavy (non-hydrogen) atoms. The summed E-state index contributed by atoms with van der Waals surface area (Å²) >= 11 is 0. The average molecular weight is 404 g/mol. The maximum absolute atomic E-state index is 12.5. The van der Waals surface area contributed by atoms with Crippen molar-refractivity contribution in [2.45, 2.75) is 20.0 Å². The van der Waals surface area contributed by atoms with E-state index in [-0.39, 0.29) is 19.0 Å². The van der Waals surface area contributed by atoms with Crippen LogP contribution in [0.25, 0.3) is 0 Å². The number of fused-ring (bicyclic) bond motifs is 1. The second-order valence-corrected chi connectivity index (χ2v) is 8.74. The molecule has 1 heterocycles. The molecule has 0 bridgehead atoms. The van der Waals surface area contributed by atoms with Crippen molar-refractivity contribution in [3.8, 4) is 11.5 Å². The smallest absolute Gasteiger partial charge is 0.263 e. The molecule has 2 aromatic rings. The summed E-state index contributed by atoms with van der Waals surface area (Å²) in [6.45, 7) is 4.50. The van der Waals surface area contributed by atoms with Gasteiger partial charge in [0.2, 0.25) is 10.0 Å². The van der Waals surface area contributed by atoms with Gasteiger partial charge in [-0.1, -0.05) is 18.2 Å². The lowest BCUT2D eigenvalue weighted by molar-refractivity contribution is -0.127. The molecule has 1 atom stereocenters. The topological polar surface area (TPSA) is 84.9 Å². The van der Waals surface area contributed by atoms with Crippen LogP contribution >= 0.6 is 0 Å². The summed E-state index contributed by atoms with van der Waals surface area (Å²) in [6, 6.07) is 12.7. The number of carbonyl (C=O) groups excluding carboxylic acids is 1. The summed E-state index contributed by atoms with van der Waals surface area (Å²) in [6.07, 6.45) is 0.188. The van der Waals surface area contributed by atoms with Gasteiger partial charge in [-0.15, -0.1) is 0 Å². The SMILES string of the molecule is Cc1cc(C)cc(OCCNC(=O)[C@H]2CN(S(C)(=O)=O)c3ccccc3O2)c1. The highest BCUT2D eigenvalue weighted by Gasteiger charge is 2.34. The molecule has 1 N–H and O–H groups in total. The van der Waals surface area contributed by atoms with Crippen LogP contribution in [0.1, 0.15) is 11.1 Å². The summed E-state index contributed by atoms with van der Waals surface area (Å²) in [5.41, 5.74) is 2.65. The minimum atomic E-state index is -3.53. The summed E-state index contributed by atoms with van der Waals surface area (Å²) in [4.78, 5) is 12.5. The standard InChI is InChI=1S/C20H24N2O5S/c1-14-10-15(2)12-16(11-14)26-9-8-21-20(23)19-13-22(28(3,24)25)17-6-4-5-7-18(17)27-19/h4-7,10-12,19H,8-9,13H2,1-3H3,(H,21,23)/t19-/m1/s1. The van der Waals surface area contributed by atoms with E-state index in [9.17, 15) is 13.2 Å². The third-order valence-electron chi connectivity index (χ3n) is 4.29. The van der Waals surface area contributed by atoms with Crippen LogP contribution in [0.4, 0.5) is 5.69 Å². The summed E-state index contributed by atoms with van der Waals surface area (Å²) in [7, 11) is -3.53. The van der Waals surface area contributed by atoms with Gasteiger partial charge in [-0.3, -0.25) is 9.10 Å². The number of rotatable bonds is 6. The van der Waals surface area contributed by atoms with Crippen molar-refractivity contribution in [3.63, 3.8) is 0 Å². The maximum atomic E-state index is 12.5. The maximum Gasteiger partial charge on any atom is 0.263 e. The Balaban J connectivity index is 1.59. The van der Waals surface area contributed by atoms with E-state index in [0.717, 1.165) is 23.1 Å². The normalized spacial score (nSPS) is 16.1. The van der Waals surface area contributed by atoms with E-state index in [2.05, 4.69) is 11.4 Å². The molecular weight excluding hydrogens is 380 g/mol. The van der Waals surface area contributed by atoms with Crippen LogP contribution in [-0.4, -0.2) is 46.4 Å². The van der Waals surface area contributed by atoms with Gasteiger partial charge in [0.25, 0.3) is 5.91 Å². The number of amides is 1. The lowest BCUT2D eigenvalue weighted by Crippen LogP contribution is -2.51. The highest BCUT2D eigenvalue weighted by atomic mass is 32.2. The lowest BCUT2D eigenvalue weighted by Gasteiger charge is -2.33. The number of benzene rings is 2. The Labute approximate surface area is 165 Å². The van der Waals surface area contributed by atoms with Gasteiger partial charge in [0, 0.05) is 0 Å². The Hall–Kier alpha value is -2.74. The van der Waals surface area contributed by atoms with Crippen LogP contribution < -0.4 is 19.1 Å². The van der Waals surface area contributed by atoms with Crippen LogP contribution in [0.15, 0.2) is 42.5 Å². The predicted molar refractivity (Wildman–Crippen MR) is 107 cm³/mol. The van der Waals surface area contributed by atoms with E-state index in [1.807, 2.05) is 26.0 Å². The monoisotopic (exact) mass is 404 g/mol. The van der Waals surface area contributed by atoms with Crippen molar-refractivity contribution in [1.82, 2.24) is 5.32 Å². The molecule has 0 aromatic heterocycles. The Bertz CT molecular complexity index is 954. The largest absolute Gasteiger partial charge is 0.492 e. The van der Waals surface area contributed by atoms with Crippen LogP contribution in [0.3, 0.4) is 0 Å². The fourth-order valence-electron chi connectivity index (χ4n) is 3.13. The number of hydrogen-bond acceptors (Lipinski definition) is 5. The number of aryl methyl sites for hydroxylation is 2. The zero-order valence-corrected chi connectivity index (χ0v) is 17.0. The van der Waals surface area contributed by atoms with Crippen molar-refractivity contribution in [2.24, 2.45) is 0 Å². The number of ether oxygens (including phenoxy) is 2. The molecule has 0 radical (unpaired) electrons. The number of anilines is 1. The fraction of sp³-hybridized carbons (Fsp3) is 0.350. The molecule has 3 rings (SSSR count). The van der Waals surface area contributed by atoms with Gasteiger partial charge in [0.1, 0.15) is 18.1 Å². The summed E-state index contributed by atoms with van der Waals surface area (Å²) in [5, 5.41) is 2.74. The number of nitrogens with one attached hydrogen (secondary N) is 1. The van der Waals surface area contributed by atoms with Gasteiger partial charge in [-0.05, 0) is 49.2 Å². The van der Waals surface area contributed by atoms with Crippen molar-refractivity contribution in [1.29, 1.82) is 0 Å². The molecule has 0 fully saturated rings. The molecular formula is C20H24N2O5S. The molecule has 0 spiro atoms. The fourth-order valence-corrected chi connectivity index (χ4v) is 4.04. The molecule has 0 unspecified atom stereocenters. The van der Waals surface area contributed by atoms with E-state index in [0.29, 0.717) is 18.0 Å². The number of sulfonamides is 1. The van der Waals surface area contributed by atoms with Gasteiger partial charge in [-0.2, -0.15) is 0 Å². The highest BCUT2D eigenvalue weighted by molar-refractivity contribution is 7.92. The van der Waals surface area contributed by atoms with Crippen LogP contribution in [0.2, 0.25) is 0 Å². The van der Waals surface area contributed by atoms with Crippen molar-refractivity contribution < 1.29 is 22.7 Å². The van der Waals surface area contributed by atoms with Crippen molar-refractivity contribution >= 4 is 21.6 Å². The highest BCUT2D eigenvalue weighted by Crippen LogP contribution is 2.34. The summed E-state index contributed by atoms with van der Waals surface area (Å²) < 4.78 is 36.8. The van der Waals surface area contributed by atoms with Crippen LogP contribution in [-0.2, 0) is 14.8 Å². The van der Waals surface area contributed by atoms with Crippen molar-refractivity contribution in [2.75, 3.05) is 30.3 Å². The van der Waals surface area contributed by atoms with Crippen LogP contribution in [0, 0.1) is 13.8 Å². The first-order chi connectivity index (χ1) is 13.2. The molecule has 1 amide bonds. The van der Waals surface area contributed by atoms with Gasteiger partial charge in [0.05, 0.1) is 25.0 Å². The number of para-hydroxylation sites is 2. The molecule has 0 saturated carbocycles.